The summed E-state index contributed by atoms with van der Waals surface area (Å²) in [6.07, 6.45) is 0.0389. The van der Waals surface area contributed by atoms with Crippen molar-refractivity contribution < 1.29 is 19.4 Å². The van der Waals surface area contributed by atoms with E-state index in [2.05, 4.69) is 10.3 Å². The van der Waals surface area contributed by atoms with Crippen molar-refractivity contribution in [2.45, 2.75) is 13.0 Å². The maximum atomic E-state index is 11.8. The first-order valence-electron chi connectivity index (χ1n) is 6.65. The first-order valence-corrected chi connectivity index (χ1v) is 6.65. The van der Waals surface area contributed by atoms with Crippen LogP contribution in [0.25, 0.3) is 11.0 Å². The lowest BCUT2D eigenvalue weighted by Crippen LogP contribution is -2.23. The zero-order valence-corrected chi connectivity index (χ0v) is 11.7. The molecule has 0 aliphatic carbocycles. The molecule has 2 N–H and O–H groups in total. The number of carbonyl (C=O) groups excluding carboxylic acids is 1. The smallest absolute Gasteiger partial charge is 0.404 e. The van der Waals surface area contributed by atoms with Gasteiger partial charge in [0.05, 0.1) is 13.2 Å². The Hall–Kier alpha value is -2.90. The number of nitrogens with one attached hydrogen (secondary N) is 1. The van der Waals surface area contributed by atoms with Crippen molar-refractivity contribution in [2.75, 3.05) is 13.2 Å². The number of carboxylic acid groups (broad SMARTS) is 1. The molecular weight excluding hydrogens is 290 g/mol. The molecule has 0 saturated carbocycles. The van der Waals surface area contributed by atoms with Gasteiger partial charge >= 0.3 is 6.09 Å². The van der Waals surface area contributed by atoms with E-state index in [0.29, 0.717) is 24.2 Å². The van der Waals surface area contributed by atoms with Crippen molar-refractivity contribution in [3.8, 4) is 5.88 Å². The van der Waals surface area contributed by atoms with E-state index in [1.54, 1.807) is 18.2 Å². The van der Waals surface area contributed by atoms with Gasteiger partial charge < -0.3 is 20.0 Å². The van der Waals surface area contributed by atoms with Gasteiger partial charge in [0.2, 0.25) is 5.88 Å². The summed E-state index contributed by atoms with van der Waals surface area (Å²) >= 11 is 0. The van der Waals surface area contributed by atoms with Crippen LogP contribution in [0.5, 0.6) is 5.88 Å². The van der Waals surface area contributed by atoms with Gasteiger partial charge in [0.25, 0.3) is 5.56 Å². The molecule has 2 heterocycles. The van der Waals surface area contributed by atoms with Gasteiger partial charge in [-0.2, -0.15) is 4.98 Å². The van der Waals surface area contributed by atoms with Crippen molar-refractivity contribution >= 4 is 23.4 Å². The molecular formula is C14H15N3O5. The highest BCUT2D eigenvalue weighted by atomic mass is 16.5. The minimum atomic E-state index is -1.08. The Morgan fingerprint density at radius 3 is 2.86 bits per heavy atom. The molecule has 22 heavy (non-hydrogen) atoms. The summed E-state index contributed by atoms with van der Waals surface area (Å²) in [5.41, 5.74) is 0.0654. The van der Waals surface area contributed by atoms with E-state index in [-0.39, 0.29) is 25.3 Å². The van der Waals surface area contributed by atoms with Gasteiger partial charge in [0.15, 0.2) is 0 Å². The maximum absolute atomic E-state index is 11.8. The number of nitrogens with zero attached hydrogens (tertiary/aromatic N) is 2. The van der Waals surface area contributed by atoms with Gasteiger partial charge in [-0.25, -0.2) is 4.79 Å². The van der Waals surface area contributed by atoms with Gasteiger partial charge in [0.1, 0.15) is 11.9 Å². The zero-order valence-electron chi connectivity index (χ0n) is 11.7. The molecule has 2 rings (SSSR count). The van der Waals surface area contributed by atoms with Crippen LogP contribution in [0.2, 0.25) is 0 Å². The lowest BCUT2D eigenvalue weighted by Gasteiger charge is -2.09. The van der Waals surface area contributed by atoms with Crippen molar-refractivity contribution in [2.24, 2.45) is 0 Å². The van der Waals surface area contributed by atoms with Crippen LogP contribution in [0.1, 0.15) is 6.42 Å². The van der Waals surface area contributed by atoms with Crippen molar-refractivity contribution in [1.82, 2.24) is 14.9 Å². The molecule has 0 spiro atoms. The highest BCUT2D eigenvalue weighted by molar-refractivity contribution is 5.76. The molecule has 0 aromatic carbocycles. The number of amides is 1. The number of aromatic nitrogens is 2. The van der Waals surface area contributed by atoms with Gasteiger partial charge in [-0.1, -0.05) is 0 Å². The summed E-state index contributed by atoms with van der Waals surface area (Å²) in [5.74, 6) is 0.313. The zero-order chi connectivity index (χ0) is 15.9. The van der Waals surface area contributed by atoms with Crippen LogP contribution < -0.4 is 15.6 Å². The number of rotatable bonds is 7. The second kappa shape index (κ2) is 7.21. The van der Waals surface area contributed by atoms with Crippen LogP contribution in [0.4, 0.5) is 4.79 Å². The first kappa shape index (κ1) is 15.5. The monoisotopic (exact) mass is 305 g/mol. The van der Waals surface area contributed by atoms with E-state index < -0.39 is 6.09 Å². The largest absolute Gasteiger partial charge is 0.478 e. The number of fused-ring (bicyclic) bond motifs is 1. The second-order valence-corrected chi connectivity index (χ2v) is 4.45. The lowest BCUT2D eigenvalue weighted by molar-refractivity contribution is -0.108. The molecule has 2 aromatic rings. The van der Waals surface area contributed by atoms with Crippen LogP contribution in [0.15, 0.2) is 29.1 Å². The lowest BCUT2D eigenvalue weighted by atomic mass is 10.3. The standard InChI is InChI=1S/C14H15N3O5/c18-8-7-17-12(19)5-3-10-2-4-11(16-13(10)17)22-9-1-6-15-14(20)21/h2-5,8,15H,1,6-7,9H2,(H,20,21). The van der Waals surface area contributed by atoms with E-state index in [9.17, 15) is 14.4 Å². The molecule has 0 bridgehead atoms. The van der Waals surface area contributed by atoms with Gasteiger partial charge in [0, 0.05) is 24.1 Å². The van der Waals surface area contributed by atoms with Crippen LogP contribution in [0, 0.1) is 0 Å². The third kappa shape index (κ3) is 3.81. The Morgan fingerprint density at radius 2 is 2.14 bits per heavy atom. The SMILES string of the molecule is O=CCn1c(=O)ccc2ccc(OCCCNC(=O)O)nc21. The summed E-state index contributed by atoms with van der Waals surface area (Å²) in [6.45, 7) is 0.484. The number of aldehydes is 1. The molecule has 1 amide bonds. The minimum Gasteiger partial charge on any atom is -0.478 e. The molecule has 8 nitrogen and oxygen atoms in total. The third-order valence-electron chi connectivity index (χ3n) is 2.91. The van der Waals surface area contributed by atoms with Crippen molar-refractivity contribution in [3.05, 3.63) is 34.6 Å². The first-order chi connectivity index (χ1) is 10.6. The number of ether oxygens (including phenoxy) is 1. The van der Waals surface area contributed by atoms with Crippen molar-refractivity contribution in [3.63, 3.8) is 0 Å². The minimum absolute atomic E-state index is 0.0742. The topological polar surface area (TPSA) is 111 Å². The highest BCUT2D eigenvalue weighted by Crippen LogP contribution is 2.15. The van der Waals surface area contributed by atoms with Gasteiger partial charge in [-0.15, -0.1) is 0 Å². The Balaban J connectivity index is 2.12. The van der Waals surface area contributed by atoms with Crippen LogP contribution in [-0.2, 0) is 11.3 Å². The van der Waals surface area contributed by atoms with E-state index in [0.717, 1.165) is 5.39 Å². The quantitative estimate of drug-likeness (QED) is 0.573. The Kier molecular flexibility index (Phi) is 5.07. The average molecular weight is 305 g/mol. The molecule has 2 aromatic heterocycles. The average Bonchev–Trinajstić information content (AvgIpc) is 2.49. The Morgan fingerprint density at radius 1 is 1.36 bits per heavy atom. The van der Waals surface area contributed by atoms with E-state index in [1.165, 1.54) is 10.6 Å². The third-order valence-corrected chi connectivity index (χ3v) is 2.91. The molecule has 0 radical (unpaired) electrons. The van der Waals surface area contributed by atoms with Crippen LogP contribution >= 0.6 is 0 Å². The van der Waals surface area contributed by atoms with E-state index in [4.69, 9.17) is 9.84 Å². The summed E-state index contributed by atoms with van der Waals surface area (Å²) < 4.78 is 6.69. The fourth-order valence-corrected chi connectivity index (χ4v) is 1.92. The summed E-state index contributed by atoms with van der Waals surface area (Å²) in [5, 5.41) is 11.4. The summed E-state index contributed by atoms with van der Waals surface area (Å²) in [6, 6.07) is 6.41. The molecule has 8 heteroatoms. The molecule has 0 aliphatic heterocycles. The second-order valence-electron chi connectivity index (χ2n) is 4.45. The number of pyridine rings is 2. The highest BCUT2D eigenvalue weighted by Gasteiger charge is 2.06. The fourth-order valence-electron chi connectivity index (χ4n) is 1.92. The fraction of sp³-hybridized carbons (Fsp3) is 0.286. The molecule has 0 fully saturated rings. The summed E-state index contributed by atoms with van der Waals surface area (Å²) in [4.78, 5) is 37.0. The van der Waals surface area contributed by atoms with Crippen molar-refractivity contribution in [1.29, 1.82) is 0 Å². The van der Waals surface area contributed by atoms with Crippen LogP contribution in [0.3, 0.4) is 0 Å². The van der Waals surface area contributed by atoms with E-state index >= 15 is 0 Å². The van der Waals surface area contributed by atoms with Gasteiger partial charge in [-0.3, -0.25) is 9.36 Å². The number of hydrogen-bond acceptors (Lipinski definition) is 5. The molecule has 0 atom stereocenters. The molecule has 0 aliphatic rings. The van der Waals surface area contributed by atoms with Crippen LogP contribution in [-0.4, -0.2) is 40.2 Å². The predicted molar refractivity (Wildman–Crippen MR) is 78.2 cm³/mol. The van der Waals surface area contributed by atoms with E-state index in [1.807, 2.05) is 0 Å². The summed E-state index contributed by atoms with van der Waals surface area (Å²) in [7, 11) is 0. The normalized spacial score (nSPS) is 10.4. The number of carbonyl (C=O) groups is 2. The molecule has 0 saturated heterocycles. The predicted octanol–water partition coefficient (Wildman–Crippen LogP) is 0.632. The van der Waals surface area contributed by atoms with Gasteiger partial charge in [-0.05, 0) is 18.6 Å². The Labute approximate surface area is 125 Å². The number of hydrogen-bond donors (Lipinski definition) is 2. The molecule has 116 valence electrons. The maximum Gasteiger partial charge on any atom is 0.404 e. The molecule has 0 unspecified atom stereocenters. The Bertz CT molecular complexity index is 741.